The maximum absolute atomic E-state index is 12.0. The van der Waals surface area contributed by atoms with Crippen LogP contribution in [0.2, 0.25) is 5.02 Å². The zero-order valence-corrected chi connectivity index (χ0v) is 12.6. The first-order chi connectivity index (χ1) is 9.63. The maximum Gasteiger partial charge on any atom is 0.287 e. The van der Waals surface area contributed by atoms with Crippen LogP contribution in [0.5, 0.6) is 0 Å². The quantitative estimate of drug-likeness (QED) is 0.837. The van der Waals surface area contributed by atoms with E-state index in [0.29, 0.717) is 17.6 Å². The summed E-state index contributed by atoms with van der Waals surface area (Å²) >= 11 is 6.12. The average molecular weight is 300 g/mol. The monoisotopic (exact) mass is 299 g/mol. The number of hydrogen-bond donors (Lipinski definition) is 2. The smallest absolute Gasteiger partial charge is 0.287 e. The first-order valence-electron chi connectivity index (χ1n) is 7.26. The summed E-state index contributed by atoms with van der Waals surface area (Å²) in [6.07, 6.45) is 7.61. The Hall–Kier alpha value is -1.07. The molecule has 5 nitrogen and oxygen atoms in total. The summed E-state index contributed by atoms with van der Waals surface area (Å²) in [7, 11) is 0. The van der Waals surface area contributed by atoms with E-state index in [1.54, 1.807) is 6.20 Å². The van der Waals surface area contributed by atoms with Gasteiger partial charge in [-0.15, -0.1) is 0 Å². The van der Waals surface area contributed by atoms with Gasteiger partial charge in [0, 0.05) is 6.04 Å². The molecule has 0 spiro atoms. The Bertz CT molecular complexity index is 504. The maximum atomic E-state index is 12.0. The molecule has 2 N–H and O–H groups in total. The van der Waals surface area contributed by atoms with Crippen molar-refractivity contribution in [3.63, 3.8) is 0 Å². The first kappa shape index (κ1) is 15.3. The Kier molecular flexibility index (Phi) is 5.43. The van der Waals surface area contributed by atoms with Gasteiger partial charge in [0.05, 0.1) is 25.0 Å². The molecule has 2 unspecified atom stereocenters. The van der Waals surface area contributed by atoms with Gasteiger partial charge in [-0.05, 0) is 18.8 Å². The molecule has 1 fully saturated rings. The highest BCUT2D eigenvalue weighted by atomic mass is 35.5. The second-order valence-electron chi connectivity index (χ2n) is 5.49. The second kappa shape index (κ2) is 7.09. The van der Waals surface area contributed by atoms with Crippen molar-refractivity contribution < 1.29 is 5.11 Å². The van der Waals surface area contributed by atoms with E-state index in [4.69, 9.17) is 16.7 Å². The lowest BCUT2D eigenvalue weighted by molar-refractivity contribution is 0.266. The third-order valence-corrected chi connectivity index (χ3v) is 4.36. The number of anilines is 1. The molecule has 0 aromatic carbocycles. The number of nitrogens with zero attached hydrogens (tertiary/aromatic N) is 2. The molecule has 1 aliphatic carbocycles. The van der Waals surface area contributed by atoms with Crippen molar-refractivity contribution in [1.82, 2.24) is 9.78 Å². The minimum atomic E-state index is -0.355. The van der Waals surface area contributed by atoms with E-state index in [0.717, 1.165) is 6.42 Å². The van der Waals surface area contributed by atoms with Gasteiger partial charge in [0.2, 0.25) is 0 Å². The van der Waals surface area contributed by atoms with E-state index in [2.05, 4.69) is 17.3 Å². The predicted octanol–water partition coefficient (Wildman–Crippen LogP) is 2.27. The molecular weight excluding hydrogens is 278 g/mol. The van der Waals surface area contributed by atoms with Crippen molar-refractivity contribution in [2.45, 2.75) is 51.6 Å². The van der Waals surface area contributed by atoms with Crippen molar-refractivity contribution in [1.29, 1.82) is 0 Å². The van der Waals surface area contributed by atoms with Crippen LogP contribution in [0.4, 0.5) is 5.69 Å². The van der Waals surface area contributed by atoms with Crippen molar-refractivity contribution in [2.24, 2.45) is 5.92 Å². The van der Waals surface area contributed by atoms with Crippen LogP contribution in [0.15, 0.2) is 11.0 Å². The molecule has 0 saturated heterocycles. The molecule has 1 saturated carbocycles. The first-order valence-corrected chi connectivity index (χ1v) is 7.64. The zero-order chi connectivity index (χ0) is 14.5. The van der Waals surface area contributed by atoms with Gasteiger partial charge >= 0.3 is 0 Å². The molecule has 6 heteroatoms. The van der Waals surface area contributed by atoms with E-state index in [1.165, 1.54) is 30.4 Å². The van der Waals surface area contributed by atoms with E-state index in [-0.39, 0.29) is 23.7 Å². The number of aliphatic hydroxyl groups is 1. The highest BCUT2D eigenvalue weighted by molar-refractivity contribution is 6.32. The molecule has 1 aliphatic rings. The van der Waals surface area contributed by atoms with Crippen molar-refractivity contribution in [2.75, 3.05) is 11.9 Å². The van der Waals surface area contributed by atoms with Gasteiger partial charge in [-0.1, -0.05) is 37.8 Å². The largest absolute Gasteiger partial charge is 0.394 e. The molecule has 0 bridgehead atoms. The summed E-state index contributed by atoms with van der Waals surface area (Å²) < 4.78 is 1.18. The SMILES string of the molecule is CC1CCCCCC1Nc1cnn(CCO)c(=O)c1Cl. The van der Waals surface area contributed by atoms with Crippen LogP contribution in [0, 0.1) is 5.92 Å². The van der Waals surface area contributed by atoms with Crippen LogP contribution < -0.4 is 10.9 Å². The molecule has 0 aliphatic heterocycles. The molecule has 2 atom stereocenters. The molecule has 1 aromatic rings. The molecular formula is C14H22ClN3O2. The summed E-state index contributed by atoms with van der Waals surface area (Å²) in [5, 5.41) is 16.4. The second-order valence-corrected chi connectivity index (χ2v) is 5.87. The van der Waals surface area contributed by atoms with E-state index in [1.807, 2.05) is 0 Å². The Labute approximate surface area is 124 Å². The van der Waals surface area contributed by atoms with Crippen LogP contribution in [0.25, 0.3) is 0 Å². The topological polar surface area (TPSA) is 67.2 Å². The molecule has 0 radical (unpaired) electrons. The molecule has 1 heterocycles. The van der Waals surface area contributed by atoms with Crippen LogP contribution in [0.3, 0.4) is 0 Å². The highest BCUT2D eigenvalue weighted by Gasteiger charge is 2.21. The number of aliphatic hydroxyl groups excluding tert-OH is 1. The van der Waals surface area contributed by atoms with Gasteiger partial charge in [0.1, 0.15) is 5.02 Å². The van der Waals surface area contributed by atoms with Crippen molar-refractivity contribution >= 4 is 17.3 Å². The summed E-state index contributed by atoms with van der Waals surface area (Å²) in [4.78, 5) is 12.0. The van der Waals surface area contributed by atoms with Crippen LogP contribution in [-0.2, 0) is 6.54 Å². The van der Waals surface area contributed by atoms with E-state index in [9.17, 15) is 4.79 Å². The van der Waals surface area contributed by atoms with Gasteiger partial charge in [-0.25, -0.2) is 4.68 Å². The zero-order valence-electron chi connectivity index (χ0n) is 11.8. The van der Waals surface area contributed by atoms with Crippen molar-refractivity contribution in [3.8, 4) is 0 Å². The van der Waals surface area contributed by atoms with E-state index < -0.39 is 0 Å². The van der Waals surface area contributed by atoms with Crippen molar-refractivity contribution in [3.05, 3.63) is 21.6 Å². The molecule has 112 valence electrons. The van der Waals surface area contributed by atoms with Crippen LogP contribution in [0.1, 0.15) is 39.0 Å². The fourth-order valence-electron chi connectivity index (χ4n) is 2.73. The Balaban J connectivity index is 2.16. The summed E-state index contributed by atoms with van der Waals surface area (Å²) in [6.45, 7) is 2.27. The number of nitrogens with one attached hydrogen (secondary N) is 1. The molecule has 20 heavy (non-hydrogen) atoms. The third kappa shape index (κ3) is 3.52. The lowest BCUT2D eigenvalue weighted by atomic mass is 9.97. The number of aromatic nitrogens is 2. The fraction of sp³-hybridized carbons (Fsp3) is 0.714. The number of rotatable bonds is 4. The minimum absolute atomic E-state index is 0.129. The lowest BCUT2D eigenvalue weighted by Gasteiger charge is -2.24. The van der Waals surface area contributed by atoms with Gasteiger partial charge in [-0.2, -0.15) is 5.10 Å². The molecule has 1 aromatic heterocycles. The van der Waals surface area contributed by atoms with Gasteiger partial charge in [-0.3, -0.25) is 4.79 Å². The van der Waals surface area contributed by atoms with E-state index >= 15 is 0 Å². The fourth-order valence-corrected chi connectivity index (χ4v) is 2.93. The highest BCUT2D eigenvalue weighted by Crippen LogP contribution is 2.27. The molecule has 2 rings (SSSR count). The number of hydrogen-bond acceptors (Lipinski definition) is 4. The molecule has 0 amide bonds. The van der Waals surface area contributed by atoms with Gasteiger partial charge < -0.3 is 10.4 Å². The standard InChI is InChI=1S/C14H22ClN3O2/c1-10-5-3-2-4-6-11(10)17-12-9-16-18(7-8-19)14(20)13(12)15/h9-11,17,19H,2-8H2,1H3. The Morgan fingerprint density at radius 2 is 2.20 bits per heavy atom. The third-order valence-electron chi connectivity index (χ3n) is 4.00. The summed E-state index contributed by atoms with van der Waals surface area (Å²) in [5.74, 6) is 0.563. The normalized spacial score (nSPS) is 23.4. The summed E-state index contributed by atoms with van der Waals surface area (Å²) in [6, 6.07) is 0.338. The number of halogens is 1. The minimum Gasteiger partial charge on any atom is -0.394 e. The Morgan fingerprint density at radius 1 is 1.45 bits per heavy atom. The predicted molar refractivity (Wildman–Crippen MR) is 80.3 cm³/mol. The van der Waals surface area contributed by atoms with Gasteiger partial charge in [0.25, 0.3) is 5.56 Å². The van der Waals surface area contributed by atoms with Crippen LogP contribution >= 0.6 is 11.6 Å². The average Bonchev–Trinajstić information content (AvgIpc) is 2.64. The van der Waals surface area contributed by atoms with Gasteiger partial charge in [0.15, 0.2) is 0 Å². The lowest BCUT2D eigenvalue weighted by Crippen LogP contribution is -2.30. The Morgan fingerprint density at radius 3 is 2.95 bits per heavy atom. The summed E-state index contributed by atoms with van der Waals surface area (Å²) in [5.41, 5.74) is 0.247. The van der Waals surface area contributed by atoms with Crippen LogP contribution in [-0.4, -0.2) is 27.5 Å².